The van der Waals surface area contributed by atoms with Gasteiger partial charge in [0.1, 0.15) is 18.5 Å². The Bertz CT molecular complexity index is 458. The first-order valence-electron chi connectivity index (χ1n) is 7.69. The van der Waals surface area contributed by atoms with Gasteiger partial charge in [-0.05, 0) is 56.5 Å². The van der Waals surface area contributed by atoms with Crippen LogP contribution in [0.5, 0.6) is 5.75 Å². The van der Waals surface area contributed by atoms with E-state index < -0.39 is 6.10 Å². The zero-order valence-corrected chi connectivity index (χ0v) is 12.9. The van der Waals surface area contributed by atoms with Crippen molar-refractivity contribution in [2.24, 2.45) is 5.92 Å². The summed E-state index contributed by atoms with van der Waals surface area (Å²) in [5.41, 5.74) is 0.671. The summed E-state index contributed by atoms with van der Waals surface area (Å²) in [6.45, 7) is 6.87. The van der Waals surface area contributed by atoms with Crippen molar-refractivity contribution in [3.8, 4) is 5.75 Å². The highest BCUT2D eigenvalue weighted by Gasteiger charge is 2.19. The lowest BCUT2D eigenvalue weighted by atomic mass is 10.0. The van der Waals surface area contributed by atoms with Crippen molar-refractivity contribution in [2.45, 2.75) is 32.8 Å². The molecule has 1 fully saturated rings. The van der Waals surface area contributed by atoms with Crippen molar-refractivity contribution in [2.75, 3.05) is 26.2 Å². The van der Waals surface area contributed by atoms with Crippen LogP contribution in [-0.4, -0.2) is 48.1 Å². The third-order valence-corrected chi connectivity index (χ3v) is 3.91. The molecular weight excluding hydrogens is 266 g/mol. The lowest BCUT2D eigenvalue weighted by Gasteiger charge is -2.32. The lowest BCUT2D eigenvalue weighted by molar-refractivity contribution is 0.0537. The standard InChI is InChI=1S/C17H25NO3/c1-13-4-3-9-18(10-13)11-16(20)12-21-17-7-5-15(6-8-17)14(2)19/h5-8,13,16,20H,3-4,9-12H2,1-2H3/t13-,16+/m0/s1. The Morgan fingerprint density at radius 3 is 2.76 bits per heavy atom. The smallest absolute Gasteiger partial charge is 0.159 e. The molecule has 4 heteroatoms. The topological polar surface area (TPSA) is 49.8 Å². The molecule has 0 aliphatic carbocycles. The molecule has 0 bridgehead atoms. The number of ketones is 1. The van der Waals surface area contributed by atoms with E-state index in [-0.39, 0.29) is 12.4 Å². The molecule has 1 aromatic rings. The maximum absolute atomic E-state index is 11.2. The number of Topliss-reactive ketones (excluding diaryl/α,β-unsaturated/α-hetero) is 1. The quantitative estimate of drug-likeness (QED) is 0.818. The van der Waals surface area contributed by atoms with Gasteiger partial charge in [0, 0.05) is 18.7 Å². The van der Waals surface area contributed by atoms with Gasteiger partial charge in [0.05, 0.1) is 0 Å². The number of benzene rings is 1. The van der Waals surface area contributed by atoms with Crippen LogP contribution < -0.4 is 4.74 Å². The van der Waals surface area contributed by atoms with Crippen LogP contribution in [0.2, 0.25) is 0 Å². The minimum Gasteiger partial charge on any atom is -0.491 e. The summed E-state index contributed by atoms with van der Waals surface area (Å²) in [5, 5.41) is 10.1. The van der Waals surface area contributed by atoms with E-state index in [0.717, 1.165) is 13.1 Å². The van der Waals surface area contributed by atoms with Gasteiger partial charge >= 0.3 is 0 Å². The van der Waals surface area contributed by atoms with E-state index in [2.05, 4.69) is 11.8 Å². The summed E-state index contributed by atoms with van der Waals surface area (Å²) in [5.74, 6) is 1.44. The molecule has 0 amide bonds. The molecule has 1 saturated heterocycles. The third kappa shape index (κ3) is 5.14. The van der Waals surface area contributed by atoms with Gasteiger partial charge in [0.25, 0.3) is 0 Å². The van der Waals surface area contributed by atoms with Crippen LogP contribution in [0.15, 0.2) is 24.3 Å². The van der Waals surface area contributed by atoms with E-state index in [9.17, 15) is 9.90 Å². The number of hydrogen-bond acceptors (Lipinski definition) is 4. The van der Waals surface area contributed by atoms with Crippen molar-refractivity contribution in [1.82, 2.24) is 4.90 Å². The van der Waals surface area contributed by atoms with Crippen LogP contribution in [0.25, 0.3) is 0 Å². The summed E-state index contributed by atoms with van der Waals surface area (Å²) in [7, 11) is 0. The summed E-state index contributed by atoms with van der Waals surface area (Å²) >= 11 is 0. The zero-order valence-electron chi connectivity index (χ0n) is 12.9. The largest absolute Gasteiger partial charge is 0.491 e. The highest BCUT2D eigenvalue weighted by atomic mass is 16.5. The fraction of sp³-hybridized carbons (Fsp3) is 0.588. The molecule has 0 radical (unpaired) electrons. The van der Waals surface area contributed by atoms with Crippen LogP contribution in [0, 0.1) is 5.92 Å². The second kappa shape index (κ2) is 7.57. The monoisotopic (exact) mass is 291 g/mol. The van der Waals surface area contributed by atoms with Crippen LogP contribution in [0.1, 0.15) is 37.0 Å². The Kier molecular flexibility index (Phi) is 5.76. The first-order valence-corrected chi connectivity index (χ1v) is 7.69. The molecule has 1 aliphatic rings. The van der Waals surface area contributed by atoms with Crippen molar-refractivity contribution in [3.05, 3.63) is 29.8 Å². The van der Waals surface area contributed by atoms with Crippen molar-refractivity contribution in [1.29, 1.82) is 0 Å². The van der Waals surface area contributed by atoms with Gasteiger partial charge in [-0.3, -0.25) is 4.79 Å². The fourth-order valence-corrected chi connectivity index (χ4v) is 2.78. The maximum atomic E-state index is 11.2. The molecule has 0 aromatic heterocycles. The van der Waals surface area contributed by atoms with E-state index in [4.69, 9.17) is 4.74 Å². The first kappa shape index (κ1) is 16.0. The van der Waals surface area contributed by atoms with E-state index in [1.165, 1.54) is 12.8 Å². The Morgan fingerprint density at radius 1 is 1.43 bits per heavy atom. The number of nitrogens with zero attached hydrogens (tertiary/aromatic N) is 1. The number of aliphatic hydroxyl groups is 1. The van der Waals surface area contributed by atoms with Gasteiger partial charge in [-0.25, -0.2) is 0 Å². The zero-order chi connectivity index (χ0) is 15.2. The van der Waals surface area contributed by atoms with Gasteiger partial charge in [-0.1, -0.05) is 6.92 Å². The summed E-state index contributed by atoms with van der Waals surface area (Å²) in [6, 6.07) is 7.03. The molecule has 4 nitrogen and oxygen atoms in total. The highest BCUT2D eigenvalue weighted by Crippen LogP contribution is 2.16. The molecule has 0 saturated carbocycles. The molecule has 116 valence electrons. The van der Waals surface area contributed by atoms with Crippen LogP contribution >= 0.6 is 0 Å². The highest BCUT2D eigenvalue weighted by molar-refractivity contribution is 5.94. The van der Waals surface area contributed by atoms with Crippen molar-refractivity contribution < 1.29 is 14.6 Å². The van der Waals surface area contributed by atoms with E-state index >= 15 is 0 Å². The van der Waals surface area contributed by atoms with Crippen LogP contribution in [-0.2, 0) is 0 Å². The number of carbonyl (C=O) groups excluding carboxylic acids is 1. The predicted molar refractivity (Wildman–Crippen MR) is 82.8 cm³/mol. The number of ether oxygens (including phenoxy) is 1. The van der Waals surface area contributed by atoms with Crippen LogP contribution in [0.4, 0.5) is 0 Å². The maximum Gasteiger partial charge on any atom is 0.159 e. The molecule has 0 unspecified atom stereocenters. The molecule has 1 N–H and O–H groups in total. The van der Waals surface area contributed by atoms with Gasteiger partial charge in [-0.15, -0.1) is 0 Å². The molecule has 1 aromatic carbocycles. The summed E-state index contributed by atoms with van der Waals surface area (Å²) in [6.07, 6.45) is 2.01. The SMILES string of the molecule is CC(=O)c1ccc(OC[C@H](O)CN2CCC[C@H](C)C2)cc1. The number of likely N-dealkylation sites (tertiary alicyclic amines) is 1. The van der Waals surface area contributed by atoms with E-state index in [0.29, 0.717) is 23.8 Å². The lowest BCUT2D eigenvalue weighted by Crippen LogP contribution is -2.41. The number of β-amino-alcohol motifs (C(OH)–C–C–N with tert-alkyl or cyclic N) is 1. The van der Waals surface area contributed by atoms with Crippen molar-refractivity contribution >= 4 is 5.78 Å². The summed E-state index contributed by atoms with van der Waals surface area (Å²) in [4.78, 5) is 13.5. The second-order valence-corrected chi connectivity index (χ2v) is 6.05. The third-order valence-electron chi connectivity index (χ3n) is 3.91. The number of rotatable bonds is 6. The van der Waals surface area contributed by atoms with Crippen molar-refractivity contribution in [3.63, 3.8) is 0 Å². The summed E-state index contributed by atoms with van der Waals surface area (Å²) < 4.78 is 5.58. The Labute approximate surface area is 126 Å². The van der Waals surface area contributed by atoms with Gasteiger partial charge < -0.3 is 14.7 Å². The molecule has 2 rings (SSSR count). The van der Waals surface area contributed by atoms with E-state index in [1.807, 2.05) is 0 Å². The molecule has 1 heterocycles. The average Bonchev–Trinajstić information content (AvgIpc) is 2.45. The number of aliphatic hydroxyl groups excluding tert-OH is 1. The molecule has 0 spiro atoms. The Morgan fingerprint density at radius 2 is 2.14 bits per heavy atom. The number of carbonyl (C=O) groups is 1. The minimum atomic E-state index is -0.484. The number of hydrogen-bond donors (Lipinski definition) is 1. The normalized spacial score (nSPS) is 21.0. The average molecular weight is 291 g/mol. The van der Waals surface area contributed by atoms with Gasteiger partial charge in [0.15, 0.2) is 5.78 Å². The van der Waals surface area contributed by atoms with E-state index in [1.54, 1.807) is 31.2 Å². The number of piperidine rings is 1. The molecule has 2 atom stereocenters. The fourth-order valence-electron chi connectivity index (χ4n) is 2.78. The van der Waals surface area contributed by atoms with Gasteiger partial charge in [-0.2, -0.15) is 0 Å². The van der Waals surface area contributed by atoms with Gasteiger partial charge in [0.2, 0.25) is 0 Å². The first-order chi connectivity index (χ1) is 10.0. The van der Waals surface area contributed by atoms with Crippen LogP contribution in [0.3, 0.4) is 0 Å². The molecule has 21 heavy (non-hydrogen) atoms. The Balaban J connectivity index is 1.75. The Hall–Kier alpha value is -1.39. The predicted octanol–water partition coefficient (Wildman–Crippen LogP) is 2.36. The molecule has 1 aliphatic heterocycles. The second-order valence-electron chi connectivity index (χ2n) is 6.05. The minimum absolute atomic E-state index is 0.0424. The molecular formula is C17H25NO3.